The minimum Gasteiger partial charge on any atom is -0.463 e. The molecule has 1 aliphatic heterocycles. The van der Waals surface area contributed by atoms with E-state index in [1.54, 1.807) is 0 Å². The molecule has 28 heavy (non-hydrogen) atoms. The molecule has 0 aromatic carbocycles. The Balaban J connectivity index is 2.35. The van der Waals surface area contributed by atoms with Crippen molar-refractivity contribution < 1.29 is 44.5 Å². The summed E-state index contributed by atoms with van der Waals surface area (Å²) in [6, 6.07) is 0. The van der Waals surface area contributed by atoms with Crippen LogP contribution < -0.4 is 0 Å². The number of carbonyl (C=O) groups is 1. The Kier molecular flexibility index (Phi) is 12.8. The lowest BCUT2D eigenvalue weighted by Crippen LogP contribution is -2.60. The van der Waals surface area contributed by atoms with Gasteiger partial charge in [-0.2, -0.15) is 0 Å². The third-order valence-electron chi connectivity index (χ3n) is 4.80. The normalized spacial score (nSPS) is 27.9. The van der Waals surface area contributed by atoms with Crippen LogP contribution in [0.3, 0.4) is 0 Å². The molecule has 0 aromatic heterocycles. The maximum Gasteiger partial charge on any atom is 0.305 e. The monoisotopic (exact) mass is 408 g/mol. The first kappa shape index (κ1) is 25.2. The number of ether oxygens (including phenoxy) is 3. The van der Waals surface area contributed by atoms with Crippen molar-refractivity contribution >= 4 is 5.97 Å². The van der Waals surface area contributed by atoms with Crippen LogP contribution in [0.25, 0.3) is 0 Å². The molecule has 0 unspecified atom stereocenters. The molecule has 0 saturated carbocycles. The predicted octanol–water partition coefficient (Wildman–Crippen LogP) is -0.152. The van der Waals surface area contributed by atoms with Crippen LogP contribution in [0, 0.1) is 0 Å². The van der Waals surface area contributed by atoms with Gasteiger partial charge in [-0.25, -0.2) is 0 Å². The summed E-state index contributed by atoms with van der Waals surface area (Å²) >= 11 is 0. The number of unbranched alkanes of at least 4 members (excludes halogenated alkanes) is 6. The van der Waals surface area contributed by atoms with E-state index >= 15 is 0 Å². The van der Waals surface area contributed by atoms with Crippen LogP contribution in [-0.2, 0) is 19.0 Å². The van der Waals surface area contributed by atoms with E-state index in [2.05, 4.69) is 6.92 Å². The van der Waals surface area contributed by atoms with E-state index in [1.165, 1.54) is 19.3 Å². The standard InChI is InChI=1S/C19H36O9/c1-2-3-4-5-6-7-8-9-15(22)26-12-14-16(23)17(24)18(25)19(28-14)27-13(10-20)11-21/h13-14,16-21,23-25H,2-12H2,1H3/t14-,16+,17+,18-,19-/m1/s1. The third-order valence-corrected chi connectivity index (χ3v) is 4.80. The smallest absolute Gasteiger partial charge is 0.305 e. The van der Waals surface area contributed by atoms with Crippen LogP contribution in [-0.4, -0.2) is 88.1 Å². The molecule has 5 N–H and O–H groups in total. The van der Waals surface area contributed by atoms with Gasteiger partial charge in [0.1, 0.15) is 37.1 Å². The zero-order chi connectivity index (χ0) is 20.9. The van der Waals surface area contributed by atoms with Crippen molar-refractivity contribution in [3.8, 4) is 0 Å². The molecular formula is C19H36O9. The quantitative estimate of drug-likeness (QED) is 0.196. The molecule has 1 rings (SSSR count). The van der Waals surface area contributed by atoms with Crippen LogP contribution in [0.2, 0.25) is 0 Å². The van der Waals surface area contributed by atoms with Crippen molar-refractivity contribution in [1.29, 1.82) is 0 Å². The maximum atomic E-state index is 11.9. The highest BCUT2D eigenvalue weighted by atomic mass is 16.7. The van der Waals surface area contributed by atoms with Gasteiger partial charge < -0.3 is 39.7 Å². The number of carbonyl (C=O) groups excluding carboxylic acids is 1. The Labute approximate surface area is 166 Å². The molecule has 0 radical (unpaired) electrons. The maximum absolute atomic E-state index is 11.9. The number of hydrogen-bond donors (Lipinski definition) is 5. The van der Waals surface area contributed by atoms with Gasteiger partial charge in [-0.3, -0.25) is 4.79 Å². The number of esters is 1. The van der Waals surface area contributed by atoms with Crippen molar-refractivity contribution in [2.45, 2.75) is 95.1 Å². The van der Waals surface area contributed by atoms with E-state index in [9.17, 15) is 20.1 Å². The topological polar surface area (TPSA) is 146 Å². The van der Waals surface area contributed by atoms with Gasteiger partial charge in [0.25, 0.3) is 0 Å². The average molecular weight is 408 g/mol. The molecule has 9 nitrogen and oxygen atoms in total. The lowest BCUT2D eigenvalue weighted by Gasteiger charge is -2.40. The summed E-state index contributed by atoms with van der Waals surface area (Å²) in [5, 5.41) is 48.0. The Morgan fingerprint density at radius 2 is 1.54 bits per heavy atom. The van der Waals surface area contributed by atoms with Gasteiger partial charge in [0.05, 0.1) is 13.2 Å². The highest BCUT2D eigenvalue weighted by Gasteiger charge is 2.45. The van der Waals surface area contributed by atoms with Crippen molar-refractivity contribution in [2.24, 2.45) is 0 Å². The lowest BCUT2D eigenvalue weighted by molar-refractivity contribution is -0.315. The zero-order valence-corrected chi connectivity index (χ0v) is 16.6. The predicted molar refractivity (Wildman–Crippen MR) is 99.3 cm³/mol. The molecule has 1 saturated heterocycles. The van der Waals surface area contributed by atoms with Crippen LogP contribution in [0.15, 0.2) is 0 Å². The Hall–Kier alpha value is -0.810. The van der Waals surface area contributed by atoms with Gasteiger partial charge in [0, 0.05) is 6.42 Å². The fraction of sp³-hybridized carbons (Fsp3) is 0.947. The van der Waals surface area contributed by atoms with Gasteiger partial charge in [-0.15, -0.1) is 0 Å². The summed E-state index contributed by atoms with van der Waals surface area (Å²) in [5.41, 5.74) is 0. The van der Waals surface area contributed by atoms with E-state index in [0.29, 0.717) is 0 Å². The molecule has 5 atom stereocenters. The van der Waals surface area contributed by atoms with Crippen molar-refractivity contribution in [2.75, 3.05) is 19.8 Å². The van der Waals surface area contributed by atoms with Gasteiger partial charge in [0.2, 0.25) is 0 Å². The zero-order valence-electron chi connectivity index (χ0n) is 16.6. The highest BCUT2D eigenvalue weighted by molar-refractivity contribution is 5.69. The molecule has 1 aliphatic rings. The number of hydrogen-bond acceptors (Lipinski definition) is 9. The molecular weight excluding hydrogens is 372 g/mol. The second-order valence-corrected chi connectivity index (χ2v) is 7.19. The van der Waals surface area contributed by atoms with Gasteiger partial charge in [-0.05, 0) is 6.42 Å². The first-order chi connectivity index (χ1) is 13.4. The Morgan fingerprint density at radius 1 is 0.929 bits per heavy atom. The van der Waals surface area contributed by atoms with Gasteiger partial charge in [-0.1, -0.05) is 45.4 Å². The fourth-order valence-electron chi connectivity index (χ4n) is 2.97. The Morgan fingerprint density at radius 3 is 2.14 bits per heavy atom. The third kappa shape index (κ3) is 8.69. The summed E-state index contributed by atoms with van der Waals surface area (Å²) in [6.07, 6.45) is -0.298. The molecule has 0 aromatic rings. The van der Waals surface area contributed by atoms with Crippen LogP contribution in [0.4, 0.5) is 0 Å². The van der Waals surface area contributed by atoms with E-state index in [1.807, 2.05) is 0 Å². The molecule has 0 aliphatic carbocycles. The number of rotatable bonds is 14. The fourth-order valence-corrected chi connectivity index (χ4v) is 2.97. The van der Waals surface area contributed by atoms with E-state index < -0.39 is 56.0 Å². The van der Waals surface area contributed by atoms with E-state index in [0.717, 1.165) is 25.7 Å². The minimum absolute atomic E-state index is 0.263. The average Bonchev–Trinajstić information content (AvgIpc) is 2.70. The van der Waals surface area contributed by atoms with Crippen LogP contribution in [0.5, 0.6) is 0 Å². The molecule has 0 bridgehead atoms. The van der Waals surface area contributed by atoms with E-state index in [4.69, 9.17) is 24.4 Å². The van der Waals surface area contributed by atoms with Crippen molar-refractivity contribution in [3.63, 3.8) is 0 Å². The Bertz CT molecular complexity index is 416. The lowest BCUT2D eigenvalue weighted by atomic mass is 9.99. The van der Waals surface area contributed by atoms with Crippen molar-refractivity contribution in [3.05, 3.63) is 0 Å². The molecule has 1 heterocycles. The summed E-state index contributed by atoms with van der Waals surface area (Å²) in [5.74, 6) is -0.425. The van der Waals surface area contributed by atoms with Gasteiger partial charge >= 0.3 is 5.97 Å². The van der Waals surface area contributed by atoms with Crippen LogP contribution in [0.1, 0.15) is 58.3 Å². The highest BCUT2D eigenvalue weighted by Crippen LogP contribution is 2.23. The second-order valence-electron chi connectivity index (χ2n) is 7.19. The SMILES string of the molecule is CCCCCCCCCC(=O)OC[C@H]1O[C@@H](OC(CO)CO)[C@H](O)[C@@H](O)[C@H]1O. The van der Waals surface area contributed by atoms with Crippen LogP contribution >= 0.6 is 0 Å². The van der Waals surface area contributed by atoms with E-state index in [-0.39, 0.29) is 13.0 Å². The second kappa shape index (κ2) is 14.2. The van der Waals surface area contributed by atoms with Crippen molar-refractivity contribution in [1.82, 2.24) is 0 Å². The first-order valence-corrected chi connectivity index (χ1v) is 10.2. The number of aliphatic hydroxyl groups is 5. The molecule has 166 valence electrons. The molecule has 1 fully saturated rings. The molecule has 9 heteroatoms. The van der Waals surface area contributed by atoms with Gasteiger partial charge in [0.15, 0.2) is 6.29 Å². The molecule has 0 spiro atoms. The summed E-state index contributed by atoms with van der Waals surface area (Å²) in [6.45, 7) is 0.831. The largest absolute Gasteiger partial charge is 0.463 e. The summed E-state index contributed by atoms with van der Waals surface area (Å²) in [7, 11) is 0. The number of aliphatic hydroxyl groups excluding tert-OH is 5. The minimum atomic E-state index is -1.58. The summed E-state index contributed by atoms with van der Waals surface area (Å²) < 4.78 is 15.7. The first-order valence-electron chi connectivity index (χ1n) is 10.2. The summed E-state index contributed by atoms with van der Waals surface area (Å²) in [4.78, 5) is 11.9. The molecule has 0 amide bonds.